The molecule has 0 fully saturated rings. The summed E-state index contributed by atoms with van der Waals surface area (Å²) in [6.07, 6.45) is 0. The molecule has 0 aromatic heterocycles. The molecule has 2 rings (SSSR count). The third kappa shape index (κ3) is 2.83. The normalized spacial score (nSPS) is 10.1. The van der Waals surface area contributed by atoms with Crippen LogP contribution in [0.15, 0.2) is 42.5 Å². The van der Waals surface area contributed by atoms with E-state index in [2.05, 4.69) is 5.32 Å². The Morgan fingerprint density at radius 3 is 2.50 bits per heavy atom. The zero-order valence-electron chi connectivity index (χ0n) is 10.7. The largest absolute Gasteiger partial charge is 0.478 e. The number of anilines is 1. The van der Waals surface area contributed by atoms with E-state index in [1.165, 1.54) is 0 Å². The van der Waals surface area contributed by atoms with Gasteiger partial charge in [0.15, 0.2) is 0 Å². The molecule has 0 aliphatic carbocycles. The molecule has 0 saturated carbocycles. The molecule has 0 radical (unpaired) electrons. The van der Waals surface area contributed by atoms with Crippen LogP contribution in [0, 0.1) is 12.7 Å². The standard InChI is InChI=1S/C15H12FNO3/c1-9-4-2-3-5-11(9)14(18)17-13-8-10(15(19)20)6-7-12(13)16/h2-8H,1H3,(H,17,18)(H,19,20). The number of benzene rings is 2. The molecule has 0 aliphatic rings. The summed E-state index contributed by atoms with van der Waals surface area (Å²) in [4.78, 5) is 22.9. The minimum atomic E-state index is -1.18. The average Bonchev–Trinajstić information content (AvgIpc) is 2.41. The van der Waals surface area contributed by atoms with Crippen molar-refractivity contribution in [2.45, 2.75) is 6.92 Å². The maximum absolute atomic E-state index is 13.6. The van der Waals surface area contributed by atoms with E-state index in [1.807, 2.05) is 0 Å². The highest BCUT2D eigenvalue weighted by Crippen LogP contribution is 2.18. The highest BCUT2D eigenvalue weighted by Gasteiger charge is 2.13. The second kappa shape index (κ2) is 5.52. The molecular weight excluding hydrogens is 261 g/mol. The predicted molar refractivity (Wildman–Crippen MR) is 72.5 cm³/mol. The number of carboxylic acid groups (broad SMARTS) is 1. The van der Waals surface area contributed by atoms with Crippen LogP contribution < -0.4 is 5.32 Å². The van der Waals surface area contributed by atoms with Gasteiger partial charge in [0.05, 0.1) is 11.3 Å². The van der Waals surface area contributed by atoms with Gasteiger partial charge in [0.1, 0.15) is 5.82 Å². The number of aromatic carboxylic acids is 1. The molecule has 0 atom stereocenters. The summed E-state index contributed by atoms with van der Waals surface area (Å²) in [5.41, 5.74) is 0.914. The molecule has 2 aromatic rings. The van der Waals surface area contributed by atoms with Crippen LogP contribution in [0.3, 0.4) is 0 Å². The molecule has 0 bridgehead atoms. The Morgan fingerprint density at radius 1 is 1.15 bits per heavy atom. The van der Waals surface area contributed by atoms with Gasteiger partial charge in [-0.3, -0.25) is 4.79 Å². The molecule has 0 spiro atoms. The predicted octanol–water partition coefficient (Wildman–Crippen LogP) is 3.08. The lowest BCUT2D eigenvalue weighted by molar-refractivity contribution is 0.0696. The van der Waals surface area contributed by atoms with Crippen LogP contribution in [-0.4, -0.2) is 17.0 Å². The molecule has 0 heterocycles. The molecule has 0 unspecified atom stereocenters. The van der Waals surface area contributed by atoms with E-state index in [1.54, 1.807) is 31.2 Å². The summed E-state index contributed by atoms with van der Waals surface area (Å²) >= 11 is 0. The minimum Gasteiger partial charge on any atom is -0.478 e. The summed E-state index contributed by atoms with van der Waals surface area (Å²) < 4.78 is 13.6. The topological polar surface area (TPSA) is 66.4 Å². The van der Waals surface area contributed by atoms with Gasteiger partial charge in [-0.25, -0.2) is 9.18 Å². The van der Waals surface area contributed by atoms with Crippen LogP contribution in [0.2, 0.25) is 0 Å². The van der Waals surface area contributed by atoms with Crippen molar-refractivity contribution in [2.24, 2.45) is 0 Å². The Morgan fingerprint density at radius 2 is 1.85 bits per heavy atom. The minimum absolute atomic E-state index is 0.0912. The zero-order valence-corrected chi connectivity index (χ0v) is 10.7. The van der Waals surface area contributed by atoms with Crippen molar-refractivity contribution in [3.8, 4) is 0 Å². The molecule has 2 aromatic carbocycles. The van der Waals surface area contributed by atoms with Gasteiger partial charge in [0.25, 0.3) is 5.91 Å². The number of carboxylic acids is 1. The van der Waals surface area contributed by atoms with E-state index >= 15 is 0 Å². The van der Waals surface area contributed by atoms with Crippen molar-refractivity contribution < 1.29 is 19.1 Å². The number of carbonyl (C=O) groups is 2. The van der Waals surface area contributed by atoms with E-state index in [9.17, 15) is 14.0 Å². The number of amides is 1. The lowest BCUT2D eigenvalue weighted by Gasteiger charge is -2.09. The van der Waals surface area contributed by atoms with Crippen LogP contribution in [-0.2, 0) is 0 Å². The number of hydrogen-bond donors (Lipinski definition) is 2. The monoisotopic (exact) mass is 273 g/mol. The Bertz CT molecular complexity index is 683. The number of halogens is 1. The number of aryl methyl sites for hydroxylation is 1. The van der Waals surface area contributed by atoms with Crippen molar-refractivity contribution in [1.82, 2.24) is 0 Å². The summed E-state index contributed by atoms with van der Waals surface area (Å²) in [5.74, 6) is -2.35. The van der Waals surface area contributed by atoms with Gasteiger partial charge in [-0.1, -0.05) is 18.2 Å². The summed E-state index contributed by atoms with van der Waals surface area (Å²) in [6.45, 7) is 1.76. The van der Waals surface area contributed by atoms with Crippen molar-refractivity contribution in [2.75, 3.05) is 5.32 Å². The van der Waals surface area contributed by atoms with E-state index < -0.39 is 17.7 Å². The maximum atomic E-state index is 13.6. The quantitative estimate of drug-likeness (QED) is 0.903. The van der Waals surface area contributed by atoms with Crippen LogP contribution in [0.4, 0.5) is 10.1 Å². The second-order valence-electron chi connectivity index (χ2n) is 4.27. The van der Waals surface area contributed by atoms with Gasteiger partial charge in [-0.2, -0.15) is 0 Å². The highest BCUT2D eigenvalue weighted by atomic mass is 19.1. The molecule has 5 heteroatoms. The van der Waals surface area contributed by atoms with Crippen LogP contribution in [0.5, 0.6) is 0 Å². The van der Waals surface area contributed by atoms with Gasteiger partial charge >= 0.3 is 5.97 Å². The van der Waals surface area contributed by atoms with E-state index in [0.717, 1.165) is 23.8 Å². The molecule has 0 aliphatic heterocycles. The molecule has 2 N–H and O–H groups in total. The third-order valence-electron chi connectivity index (χ3n) is 2.85. The molecule has 0 saturated heterocycles. The van der Waals surface area contributed by atoms with Crippen molar-refractivity contribution in [3.05, 3.63) is 65.0 Å². The first-order chi connectivity index (χ1) is 9.49. The third-order valence-corrected chi connectivity index (χ3v) is 2.85. The van der Waals surface area contributed by atoms with Crippen molar-refractivity contribution in [1.29, 1.82) is 0 Å². The Kier molecular flexibility index (Phi) is 3.79. The lowest BCUT2D eigenvalue weighted by atomic mass is 10.1. The van der Waals surface area contributed by atoms with Gasteiger partial charge in [-0.05, 0) is 36.8 Å². The van der Waals surface area contributed by atoms with E-state index in [-0.39, 0.29) is 11.3 Å². The van der Waals surface area contributed by atoms with Gasteiger partial charge in [0.2, 0.25) is 0 Å². The first-order valence-corrected chi connectivity index (χ1v) is 5.89. The van der Waals surface area contributed by atoms with Gasteiger partial charge in [0, 0.05) is 5.56 Å². The Balaban J connectivity index is 2.30. The first kappa shape index (κ1) is 13.7. The molecule has 1 amide bonds. The number of carbonyl (C=O) groups excluding carboxylic acids is 1. The fourth-order valence-electron chi connectivity index (χ4n) is 1.77. The molecule has 20 heavy (non-hydrogen) atoms. The van der Waals surface area contributed by atoms with E-state index in [0.29, 0.717) is 5.56 Å². The smallest absolute Gasteiger partial charge is 0.335 e. The average molecular weight is 273 g/mol. The Labute approximate surface area is 114 Å². The first-order valence-electron chi connectivity index (χ1n) is 5.89. The lowest BCUT2D eigenvalue weighted by Crippen LogP contribution is -2.14. The second-order valence-corrected chi connectivity index (χ2v) is 4.27. The number of hydrogen-bond acceptors (Lipinski definition) is 2. The number of rotatable bonds is 3. The molecular formula is C15H12FNO3. The van der Waals surface area contributed by atoms with Crippen LogP contribution in [0.1, 0.15) is 26.3 Å². The Hall–Kier alpha value is -2.69. The van der Waals surface area contributed by atoms with Crippen LogP contribution in [0.25, 0.3) is 0 Å². The fourth-order valence-corrected chi connectivity index (χ4v) is 1.77. The summed E-state index contributed by atoms with van der Waals surface area (Å²) in [6, 6.07) is 10.1. The van der Waals surface area contributed by atoms with Crippen molar-refractivity contribution in [3.63, 3.8) is 0 Å². The molecule has 102 valence electrons. The highest BCUT2D eigenvalue weighted by molar-refractivity contribution is 6.05. The van der Waals surface area contributed by atoms with Gasteiger partial charge in [-0.15, -0.1) is 0 Å². The summed E-state index contributed by atoms with van der Waals surface area (Å²) in [7, 11) is 0. The molecule has 4 nitrogen and oxygen atoms in total. The van der Waals surface area contributed by atoms with Crippen LogP contribution >= 0.6 is 0 Å². The van der Waals surface area contributed by atoms with Crippen molar-refractivity contribution >= 4 is 17.6 Å². The SMILES string of the molecule is Cc1ccccc1C(=O)Nc1cc(C(=O)O)ccc1F. The maximum Gasteiger partial charge on any atom is 0.335 e. The van der Waals surface area contributed by atoms with Gasteiger partial charge < -0.3 is 10.4 Å². The summed E-state index contributed by atoms with van der Waals surface area (Å²) in [5, 5.41) is 11.2. The fraction of sp³-hybridized carbons (Fsp3) is 0.0667. The van der Waals surface area contributed by atoms with E-state index in [4.69, 9.17) is 5.11 Å². The zero-order chi connectivity index (χ0) is 14.7. The number of nitrogens with one attached hydrogen (secondary N) is 1.